The van der Waals surface area contributed by atoms with E-state index >= 15 is 0 Å². The number of aryl methyl sites for hydroxylation is 1. The van der Waals surface area contributed by atoms with E-state index in [4.69, 9.17) is 0 Å². The predicted molar refractivity (Wildman–Crippen MR) is 112 cm³/mol. The number of rotatable bonds is 3. The number of fused-ring (bicyclic) bond motifs is 1. The van der Waals surface area contributed by atoms with Gasteiger partial charge in [-0.25, -0.2) is 15.0 Å². The SMILES string of the molecule is C=Cc1c(C)ncnc1N1CCN(C(=O)c2cnc3ccccc3n2)C2(CC2)C1. The third-order valence-electron chi connectivity index (χ3n) is 5.96. The lowest BCUT2D eigenvalue weighted by Gasteiger charge is -2.43. The molecule has 7 nitrogen and oxygen atoms in total. The quantitative estimate of drug-likeness (QED) is 0.689. The summed E-state index contributed by atoms with van der Waals surface area (Å²) in [5, 5.41) is 0. The molecule has 1 aromatic carbocycles. The van der Waals surface area contributed by atoms with Crippen LogP contribution in [0.5, 0.6) is 0 Å². The molecule has 1 spiro atoms. The van der Waals surface area contributed by atoms with Gasteiger partial charge in [0, 0.05) is 25.2 Å². The van der Waals surface area contributed by atoms with Gasteiger partial charge in [-0.2, -0.15) is 0 Å². The molecule has 7 heteroatoms. The van der Waals surface area contributed by atoms with Crippen molar-refractivity contribution in [3.63, 3.8) is 0 Å². The molecular weight excluding hydrogens is 364 g/mol. The number of hydrogen-bond donors (Lipinski definition) is 0. The molecule has 1 saturated carbocycles. The van der Waals surface area contributed by atoms with Crippen LogP contribution in [0.3, 0.4) is 0 Å². The van der Waals surface area contributed by atoms with Crippen LogP contribution >= 0.6 is 0 Å². The molecule has 29 heavy (non-hydrogen) atoms. The molecule has 0 bridgehead atoms. The van der Waals surface area contributed by atoms with Crippen LogP contribution < -0.4 is 4.90 Å². The van der Waals surface area contributed by atoms with Crippen molar-refractivity contribution in [3.05, 3.63) is 60.3 Å². The Kier molecular flexibility index (Phi) is 4.04. The summed E-state index contributed by atoms with van der Waals surface area (Å²) in [6, 6.07) is 7.62. The molecule has 2 aliphatic rings. The van der Waals surface area contributed by atoms with Gasteiger partial charge in [0.05, 0.1) is 28.5 Å². The van der Waals surface area contributed by atoms with Crippen molar-refractivity contribution in [1.82, 2.24) is 24.8 Å². The summed E-state index contributed by atoms with van der Waals surface area (Å²) in [6.07, 6.45) is 6.98. The highest BCUT2D eigenvalue weighted by molar-refractivity contribution is 5.94. The number of anilines is 1. The zero-order valence-electron chi connectivity index (χ0n) is 16.4. The van der Waals surface area contributed by atoms with Crippen LogP contribution in [0.4, 0.5) is 5.82 Å². The van der Waals surface area contributed by atoms with Crippen LogP contribution in [0.1, 0.15) is 34.6 Å². The van der Waals surface area contributed by atoms with E-state index in [1.165, 1.54) is 0 Å². The molecule has 0 atom stereocenters. The van der Waals surface area contributed by atoms with Crippen LogP contribution in [-0.4, -0.2) is 55.9 Å². The van der Waals surface area contributed by atoms with Gasteiger partial charge in [-0.15, -0.1) is 0 Å². The number of para-hydroxylation sites is 2. The summed E-state index contributed by atoms with van der Waals surface area (Å²) in [5.74, 6) is 0.861. The summed E-state index contributed by atoms with van der Waals surface area (Å²) in [6.45, 7) is 7.99. The lowest BCUT2D eigenvalue weighted by molar-refractivity contribution is 0.0618. The summed E-state index contributed by atoms with van der Waals surface area (Å²) in [4.78, 5) is 35.3. The molecule has 3 heterocycles. The number of carbonyl (C=O) groups excluding carboxylic acids is 1. The van der Waals surface area contributed by atoms with Crippen LogP contribution in [-0.2, 0) is 0 Å². The zero-order valence-corrected chi connectivity index (χ0v) is 16.4. The second-order valence-corrected chi connectivity index (χ2v) is 7.75. The molecule has 2 fully saturated rings. The first-order chi connectivity index (χ1) is 14.1. The summed E-state index contributed by atoms with van der Waals surface area (Å²) in [5.41, 5.74) is 3.68. The van der Waals surface area contributed by atoms with Gasteiger partial charge in [0.15, 0.2) is 0 Å². The number of nitrogens with zero attached hydrogens (tertiary/aromatic N) is 6. The first kappa shape index (κ1) is 17.7. The fourth-order valence-electron chi connectivity index (χ4n) is 4.21. The van der Waals surface area contributed by atoms with E-state index in [0.717, 1.165) is 47.5 Å². The Hall–Kier alpha value is -3.35. The van der Waals surface area contributed by atoms with Crippen molar-refractivity contribution in [2.75, 3.05) is 24.5 Å². The highest BCUT2D eigenvalue weighted by atomic mass is 16.2. The summed E-state index contributed by atoms with van der Waals surface area (Å²) in [7, 11) is 0. The van der Waals surface area contributed by atoms with Crippen molar-refractivity contribution in [2.24, 2.45) is 0 Å². The molecule has 0 radical (unpaired) electrons. The molecule has 2 aromatic heterocycles. The zero-order chi connectivity index (χ0) is 20.0. The molecule has 1 saturated heterocycles. The molecular formula is C22H22N6O. The highest BCUT2D eigenvalue weighted by Gasteiger charge is 2.54. The number of piperazine rings is 1. The Morgan fingerprint density at radius 3 is 2.69 bits per heavy atom. The Labute approximate surface area is 169 Å². The van der Waals surface area contributed by atoms with Crippen LogP contribution in [0.15, 0.2) is 43.4 Å². The number of aromatic nitrogens is 4. The number of carbonyl (C=O) groups is 1. The molecule has 1 aliphatic heterocycles. The van der Waals surface area contributed by atoms with Gasteiger partial charge in [0.25, 0.3) is 5.91 Å². The average molecular weight is 386 g/mol. The van der Waals surface area contributed by atoms with Gasteiger partial charge >= 0.3 is 0 Å². The Morgan fingerprint density at radius 2 is 1.93 bits per heavy atom. The van der Waals surface area contributed by atoms with Crippen LogP contribution in [0, 0.1) is 6.92 Å². The fraction of sp³-hybridized carbons (Fsp3) is 0.318. The molecule has 1 amide bonds. The molecule has 3 aromatic rings. The molecule has 5 rings (SSSR count). The van der Waals surface area contributed by atoms with Crippen molar-refractivity contribution < 1.29 is 4.79 Å². The number of hydrogen-bond acceptors (Lipinski definition) is 6. The van der Waals surface area contributed by atoms with Crippen molar-refractivity contribution in [1.29, 1.82) is 0 Å². The van der Waals surface area contributed by atoms with Gasteiger partial charge in [0.1, 0.15) is 17.8 Å². The first-order valence-electron chi connectivity index (χ1n) is 9.84. The normalized spacial score (nSPS) is 17.6. The monoisotopic (exact) mass is 386 g/mol. The lowest BCUT2D eigenvalue weighted by Crippen LogP contribution is -2.57. The second kappa shape index (κ2) is 6.62. The lowest BCUT2D eigenvalue weighted by atomic mass is 10.1. The third-order valence-corrected chi connectivity index (χ3v) is 5.96. The molecule has 0 unspecified atom stereocenters. The molecule has 146 valence electrons. The maximum atomic E-state index is 13.3. The average Bonchev–Trinajstić information content (AvgIpc) is 3.52. The second-order valence-electron chi connectivity index (χ2n) is 7.75. The standard InChI is InChI=1S/C22H22N6O/c1-3-16-15(2)24-14-25-20(16)27-10-11-28(22(13-27)8-9-22)21(29)19-12-23-17-6-4-5-7-18(17)26-19/h3-7,12,14H,1,8-11,13H2,2H3. The summed E-state index contributed by atoms with van der Waals surface area (Å²) >= 11 is 0. The van der Waals surface area contributed by atoms with Gasteiger partial charge in [-0.3, -0.25) is 9.78 Å². The van der Waals surface area contributed by atoms with Gasteiger partial charge in [-0.05, 0) is 31.9 Å². The van der Waals surface area contributed by atoms with Crippen molar-refractivity contribution in [3.8, 4) is 0 Å². The van der Waals surface area contributed by atoms with Crippen LogP contribution in [0.25, 0.3) is 17.1 Å². The van der Waals surface area contributed by atoms with E-state index < -0.39 is 0 Å². The number of amides is 1. The third kappa shape index (κ3) is 2.93. The van der Waals surface area contributed by atoms with E-state index in [0.29, 0.717) is 18.8 Å². The largest absolute Gasteiger partial charge is 0.352 e. The van der Waals surface area contributed by atoms with E-state index in [1.807, 2.05) is 42.2 Å². The van der Waals surface area contributed by atoms with Gasteiger partial charge in [-0.1, -0.05) is 24.8 Å². The summed E-state index contributed by atoms with van der Waals surface area (Å²) < 4.78 is 0. The maximum Gasteiger partial charge on any atom is 0.274 e. The minimum Gasteiger partial charge on any atom is -0.352 e. The molecule has 1 aliphatic carbocycles. The van der Waals surface area contributed by atoms with Gasteiger partial charge in [0.2, 0.25) is 0 Å². The Balaban J connectivity index is 1.42. The fourth-order valence-corrected chi connectivity index (χ4v) is 4.21. The van der Waals surface area contributed by atoms with Crippen molar-refractivity contribution in [2.45, 2.75) is 25.3 Å². The highest BCUT2D eigenvalue weighted by Crippen LogP contribution is 2.45. The predicted octanol–water partition coefficient (Wildman–Crippen LogP) is 2.87. The maximum absolute atomic E-state index is 13.3. The van der Waals surface area contributed by atoms with Gasteiger partial charge < -0.3 is 9.80 Å². The van der Waals surface area contributed by atoms with Crippen LogP contribution in [0.2, 0.25) is 0 Å². The van der Waals surface area contributed by atoms with E-state index in [1.54, 1.807) is 12.5 Å². The first-order valence-corrected chi connectivity index (χ1v) is 9.84. The number of benzene rings is 1. The smallest absolute Gasteiger partial charge is 0.274 e. The minimum absolute atomic E-state index is 0.0387. The molecule has 0 N–H and O–H groups in total. The Bertz CT molecular complexity index is 1120. The Morgan fingerprint density at radius 1 is 1.14 bits per heavy atom. The van der Waals surface area contributed by atoms with E-state index in [2.05, 4.69) is 31.4 Å². The minimum atomic E-state index is -0.153. The van der Waals surface area contributed by atoms with E-state index in [9.17, 15) is 4.79 Å². The topological polar surface area (TPSA) is 75.1 Å². The van der Waals surface area contributed by atoms with E-state index in [-0.39, 0.29) is 11.4 Å². The van der Waals surface area contributed by atoms with Crippen molar-refractivity contribution >= 4 is 28.8 Å².